The van der Waals surface area contributed by atoms with Crippen LogP contribution in [0.3, 0.4) is 0 Å². The van der Waals surface area contributed by atoms with Gasteiger partial charge in [-0.15, -0.1) is 0 Å². The second-order valence-electron chi connectivity index (χ2n) is 8.12. The Morgan fingerprint density at radius 1 is 0.839 bits per heavy atom. The van der Waals surface area contributed by atoms with E-state index in [0.717, 1.165) is 34.3 Å². The molecule has 0 radical (unpaired) electrons. The Hall–Kier alpha value is -3.79. The molecule has 0 bridgehead atoms. The lowest BCUT2D eigenvalue weighted by Crippen LogP contribution is -2.26. The van der Waals surface area contributed by atoms with Crippen LogP contribution in [0.25, 0.3) is 33.1 Å². The Morgan fingerprint density at radius 2 is 1.71 bits per heavy atom. The van der Waals surface area contributed by atoms with Gasteiger partial charge >= 0.3 is 0 Å². The third-order valence-electron chi connectivity index (χ3n) is 5.86. The van der Waals surface area contributed by atoms with Crippen LogP contribution in [0.5, 0.6) is 0 Å². The van der Waals surface area contributed by atoms with Gasteiger partial charge in [-0.3, -0.25) is 4.79 Å². The molecule has 1 amide bonds. The molecule has 0 fully saturated rings. The molecule has 2 aromatic heterocycles. The Kier molecular flexibility index (Phi) is 5.04. The van der Waals surface area contributed by atoms with Crippen LogP contribution >= 0.6 is 0 Å². The van der Waals surface area contributed by atoms with Gasteiger partial charge in [-0.1, -0.05) is 42.5 Å². The lowest BCUT2D eigenvalue weighted by atomic mass is 10.0. The van der Waals surface area contributed by atoms with Crippen LogP contribution in [-0.4, -0.2) is 27.8 Å². The Balaban J connectivity index is 1.23. The molecular weight excluding hydrogens is 382 g/mol. The zero-order valence-electron chi connectivity index (χ0n) is 17.6. The van der Waals surface area contributed by atoms with E-state index in [2.05, 4.69) is 82.8 Å². The predicted octanol–water partition coefficient (Wildman–Crippen LogP) is 5.91. The number of hydrogen-bond donors (Lipinski definition) is 2. The summed E-state index contributed by atoms with van der Waals surface area (Å²) < 4.78 is 0. The molecule has 0 unspecified atom stereocenters. The van der Waals surface area contributed by atoms with Crippen LogP contribution < -0.4 is 0 Å². The smallest absolute Gasteiger partial charge is 0.222 e. The zero-order chi connectivity index (χ0) is 21.2. The summed E-state index contributed by atoms with van der Waals surface area (Å²) in [6.07, 6.45) is 3.17. The quantitative estimate of drug-likeness (QED) is 0.361. The van der Waals surface area contributed by atoms with Crippen LogP contribution in [0.15, 0.2) is 85.1 Å². The number of nitrogens with zero attached hydrogens (tertiary/aromatic N) is 1. The third-order valence-corrected chi connectivity index (χ3v) is 5.86. The average molecular weight is 408 g/mol. The van der Waals surface area contributed by atoms with Crippen LogP contribution in [0.4, 0.5) is 0 Å². The van der Waals surface area contributed by atoms with Gasteiger partial charge in [0.2, 0.25) is 5.91 Å². The normalized spacial score (nSPS) is 11.3. The standard InChI is InChI=1S/C27H25N3O/c1-30(18-20-9-11-24-23(16-20)13-14-28-24)27(31)12-10-19-5-4-7-21(15-19)26-17-22-6-2-3-8-25(22)29-26/h2-9,11,13-17,28-29H,10,12,18H2,1H3. The van der Waals surface area contributed by atoms with Crippen molar-refractivity contribution in [1.82, 2.24) is 14.9 Å². The maximum atomic E-state index is 12.7. The molecule has 3 aromatic carbocycles. The van der Waals surface area contributed by atoms with Gasteiger partial charge in [-0.25, -0.2) is 0 Å². The van der Waals surface area contributed by atoms with Gasteiger partial charge in [0.1, 0.15) is 0 Å². The number of nitrogens with one attached hydrogen (secondary N) is 2. The van der Waals surface area contributed by atoms with Crippen molar-refractivity contribution in [2.75, 3.05) is 7.05 Å². The number of aromatic nitrogens is 2. The molecule has 0 atom stereocenters. The van der Waals surface area contributed by atoms with Crippen LogP contribution in [0, 0.1) is 0 Å². The van der Waals surface area contributed by atoms with E-state index in [9.17, 15) is 4.79 Å². The van der Waals surface area contributed by atoms with E-state index >= 15 is 0 Å². The summed E-state index contributed by atoms with van der Waals surface area (Å²) in [6, 6.07) is 27.3. The summed E-state index contributed by atoms with van der Waals surface area (Å²) in [5.74, 6) is 0.158. The molecule has 0 aliphatic rings. The largest absolute Gasteiger partial charge is 0.361 e. The second kappa shape index (κ2) is 8.15. The Morgan fingerprint density at radius 3 is 2.61 bits per heavy atom. The number of aryl methyl sites for hydroxylation is 1. The molecule has 4 nitrogen and oxygen atoms in total. The minimum atomic E-state index is 0.158. The number of H-pyrrole nitrogens is 2. The van der Waals surface area contributed by atoms with E-state index in [-0.39, 0.29) is 5.91 Å². The van der Waals surface area contributed by atoms with E-state index in [4.69, 9.17) is 0 Å². The van der Waals surface area contributed by atoms with Crippen LogP contribution in [0.2, 0.25) is 0 Å². The zero-order valence-corrected chi connectivity index (χ0v) is 17.6. The molecule has 154 valence electrons. The van der Waals surface area contributed by atoms with Crippen molar-refractivity contribution in [3.63, 3.8) is 0 Å². The van der Waals surface area contributed by atoms with Crippen molar-refractivity contribution >= 4 is 27.7 Å². The van der Waals surface area contributed by atoms with E-state index in [1.165, 1.54) is 16.3 Å². The van der Waals surface area contributed by atoms with E-state index in [1.54, 1.807) is 0 Å². The molecule has 31 heavy (non-hydrogen) atoms. The van der Waals surface area contributed by atoms with Crippen LogP contribution in [-0.2, 0) is 17.8 Å². The minimum absolute atomic E-state index is 0.158. The van der Waals surface area contributed by atoms with Gasteiger partial charge in [-0.05, 0) is 64.9 Å². The van der Waals surface area contributed by atoms with E-state index in [0.29, 0.717) is 13.0 Å². The molecule has 0 spiro atoms. The fourth-order valence-corrected chi connectivity index (χ4v) is 4.13. The third kappa shape index (κ3) is 4.10. The molecule has 0 saturated heterocycles. The topological polar surface area (TPSA) is 51.9 Å². The van der Waals surface area contributed by atoms with Gasteiger partial charge in [-0.2, -0.15) is 0 Å². The van der Waals surface area contributed by atoms with Gasteiger partial charge in [0.05, 0.1) is 0 Å². The molecule has 2 N–H and O–H groups in total. The maximum Gasteiger partial charge on any atom is 0.222 e. The number of carbonyl (C=O) groups excluding carboxylic acids is 1. The summed E-state index contributed by atoms with van der Waals surface area (Å²) in [5, 5.41) is 2.38. The first-order valence-corrected chi connectivity index (χ1v) is 10.6. The lowest BCUT2D eigenvalue weighted by Gasteiger charge is -2.17. The summed E-state index contributed by atoms with van der Waals surface area (Å²) in [6.45, 7) is 0.620. The summed E-state index contributed by atoms with van der Waals surface area (Å²) in [5.41, 5.74) is 6.82. The van der Waals surface area contributed by atoms with E-state index in [1.807, 2.05) is 24.2 Å². The van der Waals surface area contributed by atoms with Crippen LogP contribution in [0.1, 0.15) is 17.5 Å². The molecule has 4 heteroatoms. The summed E-state index contributed by atoms with van der Waals surface area (Å²) >= 11 is 0. The molecule has 0 aliphatic carbocycles. The number of aromatic amines is 2. The fourth-order valence-electron chi connectivity index (χ4n) is 4.13. The lowest BCUT2D eigenvalue weighted by molar-refractivity contribution is -0.130. The molecule has 0 aliphatic heterocycles. The number of benzene rings is 3. The molecule has 5 rings (SSSR count). The highest BCUT2D eigenvalue weighted by molar-refractivity contribution is 5.86. The van der Waals surface area contributed by atoms with Crippen molar-refractivity contribution in [3.05, 3.63) is 96.2 Å². The number of fused-ring (bicyclic) bond motifs is 2. The first-order chi connectivity index (χ1) is 15.2. The molecule has 0 saturated carbocycles. The number of carbonyl (C=O) groups is 1. The van der Waals surface area contributed by atoms with Crippen molar-refractivity contribution < 1.29 is 4.79 Å². The number of hydrogen-bond acceptors (Lipinski definition) is 1. The van der Waals surface area contributed by atoms with Crippen molar-refractivity contribution in [2.24, 2.45) is 0 Å². The number of amides is 1. The summed E-state index contributed by atoms with van der Waals surface area (Å²) in [7, 11) is 1.88. The molecular formula is C27H25N3O. The van der Waals surface area contributed by atoms with Gasteiger partial charge in [0.15, 0.2) is 0 Å². The number of para-hydroxylation sites is 1. The van der Waals surface area contributed by atoms with Crippen molar-refractivity contribution in [3.8, 4) is 11.3 Å². The fraction of sp³-hybridized carbons (Fsp3) is 0.148. The highest BCUT2D eigenvalue weighted by atomic mass is 16.2. The van der Waals surface area contributed by atoms with Crippen molar-refractivity contribution in [1.29, 1.82) is 0 Å². The predicted molar refractivity (Wildman–Crippen MR) is 127 cm³/mol. The molecule has 5 aromatic rings. The highest BCUT2D eigenvalue weighted by Gasteiger charge is 2.11. The van der Waals surface area contributed by atoms with E-state index < -0.39 is 0 Å². The second-order valence-corrected chi connectivity index (χ2v) is 8.12. The SMILES string of the molecule is CN(Cc1ccc2[nH]ccc2c1)C(=O)CCc1cccc(-c2cc3ccccc3[nH]2)c1. The number of rotatable bonds is 6. The van der Waals surface area contributed by atoms with Gasteiger partial charge in [0.25, 0.3) is 0 Å². The van der Waals surface area contributed by atoms with Gasteiger partial charge in [0, 0.05) is 48.3 Å². The Labute approximate surface area is 181 Å². The van der Waals surface area contributed by atoms with Gasteiger partial charge < -0.3 is 14.9 Å². The average Bonchev–Trinajstić information content (AvgIpc) is 3.44. The maximum absolute atomic E-state index is 12.7. The minimum Gasteiger partial charge on any atom is -0.361 e. The Bertz CT molecular complexity index is 1330. The molecule has 2 heterocycles. The first-order valence-electron chi connectivity index (χ1n) is 10.6. The first kappa shape index (κ1) is 19.2. The monoisotopic (exact) mass is 407 g/mol. The summed E-state index contributed by atoms with van der Waals surface area (Å²) in [4.78, 5) is 21.2. The highest BCUT2D eigenvalue weighted by Crippen LogP contribution is 2.25. The van der Waals surface area contributed by atoms with Crippen molar-refractivity contribution in [2.45, 2.75) is 19.4 Å².